The molecule has 2 aliphatic rings. The molecule has 0 bridgehead atoms. The topological polar surface area (TPSA) is 66.2 Å². The average Bonchev–Trinajstić information content (AvgIpc) is 3.01. The minimum absolute atomic E-state index is 0.00419. The van der Waals surface area contributed by atoms with Gasteiger partial charge < -0.3 is 9.64 Å². The maximum Gasteiger partial charge on any atom is 0.256 e. The number of amides is 1. The predicted molar refractivity (Wildman–Crippen MR) is 119 cm³/mol. The van der Waals surface area contributed by atoms with Crippen LogP contribution in [0.4, 0.5) is 0 Å². The third kappa shape index (κ3) is 3.25. The summed E-state index contributed by atoms with van der Waals surface area (Å²) in [6, 6.07) is 10.8. The highest BCUT2D eigenvalue weighted by Crippen LogP contribution is 2.59. The summed E-state index contributed by atoms with van der Waals surface area (Å²) in [7, 11) is 0. The van der Waals surface area contributed by atoms with Crippen LogP contribution in [0.25, 0.3) is 0 Å². The Balaban J connectivity index is 1.59. The maximum absolute atomic E-state index is 13.2. The number of carbonyl (C=O) groups excluding carboxylic acids is 1. The van der Waals surface area contributed by atoms with Crippen molar-refractivity contribution in [3.05, 3.63) is 57.9 Å². The zero-order valence-corrected chi connectivity index (χ0v) is 19.0. The van der Waals surface area contributed by atoms with Crippen molar-refractivity contribution in [1.29, 1.82) is 5.26 Å². The second-order valence-electron chi connectivity index (χ2n) is 9.30. The van der Waals surface area contributed by atoms with Crippen LogP contribution in [0, 0.1) is 34.0 Å². The SMILES string of the molecule is CC#Cc1ccc2c(n1)CN(C1C(C)(C)C(Oc3ccc(C#N)c(Cl)c3)C1(C)C)C2=O. The molecule has 4 rings (SSSR count). The highest BCUT2D eigenvalue weighted by Gasteiger charge is 2.67. The molecule has 1 aliphatic heterocycles. The molecular weight excluding hydrogens is 410 g/mol. The van der Waals surface area contributed by atoms with Gasteiger partial charge in [0.1, 0.15) is 23.6 Å². The quantitative estimate of drug-likeness (QED) is 0.651. The van der Waals surface area contributed by atoms with E-state index in [4.69, 9.17) is 21.6 Å². The Labute approximate surface area is 188 Å². The molecule has 0 atom stereocenters. The Morgan fingerprint density at radius 1 is 1.19 bits per heavy atom. The Morgan fingerprint density at radius 2 is 1.90 bits per heavy atom. The molecular formula is C25H24ClN3O2. The van der Waals surface area contributed by atoms with E-state index in [0.29, 0.717) is 34.1 Å². The number of rotatable bonds is 3. The third-order valence-corrected chi connectivity index (χ3v) is 6.74. The number of aromatic nitrogens is 1. The van der Waals surface area contributed by atoms with Crippen LogP contribution in [-0.2, 0) is 6.54 Å². The lowest BCUT2D eigenvalue weighted by atomic mass is 9.49. The van der Waals surface area contributed by atoms with Gasteiger partial charge in [-0.2, -0.15) is 5.26 Å². The second kappa shape index (κ2) is 7.29. The molecule has 1 saturated carbocycles. The van der Waals surface area contributed by atoms with Gasteiger partial charge in [-0.3, -0.25) is 4.79 Å². The number of benzene rings is 1. The fourth-order valence-corrected chi connectivity index (χ4v) is 5.83. The summed E-state index contributed by atoms with van der Waals surface area (Å²) in [6.45, 7) is 10.7. The van der Waals surface area contributed by atoms with Crippen molar-refractivity contribution in [1.82, 2.24) is 9.88 Å². The van der Waals surface area contributed by atoms with Crippen molar-refractivity contribution >= 4 is 17.5 Å². The third-order valence-electron chi connectivity index (χ3n) is 6.43. The number of carbonyl (C=O) groups is 1. The van der Waals surface area contributed by atoms with Gasteiger partial charge in [-0.25, -0.2) is 4.98 Å². The van der Waals surface area contributed by atoms with E-state index in [1.165, 1.54) is 0 Å². The van der Waals surface area contributed by atoms with Crippen molar-refractivity contribution in [2.75, 3.05) is 0 Å². The van der Waals surface area contributed by atoms with Crippen LogP contribution in [0.3, 0.4) is 0 Å². The first-order valence-corrected chi connectivity index (χ1v) is 10.6. The summed E-state index contributed by atoms with van der Waals surface area (Å²) in [4.78, 5) is 19.7. The summed E-state index contributed by atoms with van der Waals surface area (Å²) in [6.07, 6.45) is -0.139. The highest BCUT2D eigenvalue weighted by atomic mass is 35.5. The van der Waals surface area contributed by atoms with Crippen LogP contribution in [0.5, 0.6) is 5.75 Å². The van der Waals surface area contributed by atoms with Gasteiger partial charge in [0.25, 0.3) is 5.91 Å². The Bertz CT molecular complexity index is 1170. The molecule has 5 nitrogen and oxygen atoms in total. The minimum atomic E-state index is -0.298. The summed E-state index contributed by atoms with van der Waals surface area (Å²) in [5.74, 6) is 6.44. The average molecular weight is 434 g/mol. The van der Waals surface area contributed by atoms with Crippen LogP contribution in [0.2, 0.25) is 5.02 Å². The molecule has 0 saturated heterocycles. The Morgan fingerprint density at radius 3 is 2.52 bits per heavy atom. The molecule has 1 aromatic heterocycles. The molecule has 158 valence electrons. The lowest BCUT2D eigenvalue weighted by Crippen LogP contribution is -2.74. The monoisotopic (exact) mass is 433 g/mol. The van der Waals surface area contributed by atoms with E-state index in [2.05, 4.69) is 50.6 Å². The Kier molecular flexibility index (Phi) is 4.99. The van der Waals surface area contributed by atoms with Gasteiger partial charge in [0, 0.05) is 22.9 Å². The first kappa shape index (κ1) is 21.2. The molecule has 0 unspecified atom stereocenters. The van der Waals surface area contributed by atoms with Crippen LogP contribution < -0.4 is 4.74 Å². The molecule has 0 N–H and O–H groups in total. The standard InChI is InChI=1S/C25H24ClN3O2/c1-6-7-16-9-11-18-20(28-16)14-29(21(18)30)22-24(2,3)23(25(22,4)5)31-17-10-8-15(13-27)19(26)12-17/h8-12,22-23H,14H2,1-5H3. The van der Waals surface area contributed by atoms with E-state index in [9.17, 15) is 4.79 Å². The fraction of sp³-hybridized carbons (Fsp3) is 0.400. The van der Waals surface area contributed by atoms with Crippen molar-refractivity contribution in [3.63, 3.8) is 0 Å². The number of pyridine rings is 1. The van der Waals surface area contributed by atoms with Gasteiger partial charge in [0.15, 0.2) is 0 Å². The summed E-state index contributed by atoms with van der Waals surface area (Å²) in [5.41, 5.74) is 1.93. The predicted octanol–water partition coefficient (Wildman–Crippen LogP) is 4.82. The van der Waals surface area contributed by atoms with Crippen molar-refractivity contribution in [2.45, 2.75) is 53.3 Å². The number of hydrogen-bond acceptors (Lipinski definition) is 4. The van der Waals surface area contributed by atoms with E-state index in [-0.39, 0.29) is 28.9 Å². The van der Waals surface area contributed by atoms with E-state index >= 15 is 0 Å². The lowest BCUT2D eigenvalue weighted by Gasteiger charge is -2.65. The van der Waals surface area contributed by atoms with Crippen molar-refractivity contribution in [2.24, 2.45) is 10.8 Å². The van der Waals surface area contributed by atoms with Crippen LogP contribution in [0.15, 0.2) is 30.3 Å². The van der Waals surface area contributed by atoms with E-state index in [1.807, 2.05) is 11.0 Å². The van der Waals surface area contributed by atoms with Gasteiger partial charge >= 0.3 is 0 Å². The molecule has 2 heterocycles. The van der Waals surface area contributed by atoms with Crippen molar-refractivity contribution < 1.29 is 9.53 Å². The van der Waals surface area contributed by atoms with Crippen LogP contribution in [-0.4, -0.2) is 27.9 Å². The summed E-state index contributed by atoms with van der Waals surface area (Å²) < 4.78 is 6.35. The molecule has 1 fully saturated rings. The van der Waals surface area contributed by atoms with Gasteiger partial charge in [0.2, 0.25) is 0 Å². The molecule has 31 heavy (non-hydrogen) atoms. The maximum atomic E-state index is 13.2. The number of ether oxygens (including phenoxy) is 1. The van der Waals surface area contributed by atoms with E-state index in [0.717, 1.165) is 5.69 Å². The van der Waals surface area contributed by atoms with Gasteiger partial charge in [0.05, 0.1) is 28.4 Å². The first-order valence-electron chi connectivity index (χ1n) is 10.2. The zero-order valence-electron chi connectivity index (χ0n) is 18.3. The Hall–Kier alpha value is -3.02. The van der Waals surface area contributed by atoms with E-state index in [1.54, 1.807) is 31.2 Å². The molecule has 0 spiro atoms. The summed E-state index contributed by atoms with van der Waals surface area (Å²) in [5, 5.41) is 9.46. The number of halogens is 1. The number of nitriles is 1. The highest BCUT2D eigenvalue weighted by molar-refractivity contribution is 6.31. The fourth-order valence-electron chi connectivity index (χ4n) is 5.62. The van der Waals surface area contributed by atoms with Gasteiger partial charge in [-0.1, -0.05) is 45.2 Å². The summed E-state index contributed by atoms with van der Waals surface area (Å²) >= 11 is 6.18. The zero-order chi connectivity index (χ0) is 22.6. The molecule has 0 radical (unpaired) electrons. The lowest BCUT2D eigenvalue weighted by molar-refractivity contribution is -0.199. The normalized spacial score (nSPS) is 22.6. The number of hydrogen-bond donors (Lipinski definition) is 0. The molecule has 1 aliphatic carbocycles. The molecule has 1 amide bonds. The molecule has 2 aromatic rings. The van der Waals surface area contributed by atoms with Crippen LogP contribution >= 0.6 is 11.6 Å². The van der Waals surface area contributed by atoms with E-state index < -0.39 is 0 Å². The number of nitrogens with zero attached hydrogens (tertiary/aromatic N) is 3. The van der Waals surface area contributed by atoms with Crippen molar-refractivity contribution in [3.8, 4) is 23.7 Å². The first-order chi connectivity index (χ1) is 14.6. The number of fused-ring (bicyclic) bond motifs is 1. The minimum Gasteiger partial charge on any atom is -0.489 e. The smallest absolute Gasteiger partial charge is 0.256 e. The molecule has 1 aromatic carbocycles. The molecule has 6 heteroatoms. The van der Waals surface area contributed by atoms with Gasteiger partial charge in [-0.05, 0) is 37.1 Å². The van der Waals surface area contributed by atoms with Crippen LogP contribution in [0.1, 0.15) is 61.9 Å². The van der Waals surface area contributed by atoms with Gasteiger partial charge in [-0.15, -0.1) is 0 Å². The second-order valence-corrected chi connectivity index (χ2v) is 9.70. The largest absolute Gasteiger partial charge is 0.489 e.